The van der Waals surface area contributed by atoms with Crippen LogP contribution in [0.25, 0.3) is 0 Å². The number of benzene rings is 1. The molecular weight excluding hydrogens is 188 g/mol. The van der Waals surface area contributed by atoms with E-state index in [1.165, 1.54) is 5.56 Å². The molecular formula is C12H16N2O. The highest BCUT2D eigenvalue weighted by molar-refractivity contribution is 5.80. The predicted octanol–water partition coefficient (Wildman–Crippen LogP) is 1.34. The van der Waals surface area contributed by atoms with Gasteiger partial charge in [0.15, 0.2) is 0 Å². The summed E-state index contributed by atoms with van der Waals surface area (Å²) in [5, 5.41) is 2.94. The van der Waals surface area contributed by atoms with Gasteiger partial charge in [0, 0.05) is 18.2 Å². The molecule has 1 aliphatic carbocycles. The number of rotatable bonds is 4. The van der Waals surface area contributed by atoms with Gasteiger partial charge < -0.3 is 11.1 Å². The van der Waals surface area contributed by atoms with Crippen LogP contribution < -0.4 is 11.1 Å². The smallest absolute Gasteiger partial charge is 0.223 e. The standard InChI is InChI=1S/C12H16N2O/c13-11-5-1-9(2-6-11)7-8-14-12(15)10-3-4-10/h1-2,5-6,10H,3-4,7-8,13H2,(H,14,15). The minimum absolute atomic E-state index is 0.213. The molecule has 3 N–H and O–H groups in total. The van der Waals surface area contributed by atoms with Crippen LogP contribution in [-0.4, -0.2) is 12.5 Å². The van der Waals surface area contributed by atoms with Gasteiger partial charge in [-0.3, -0.25) is 4.79 Å². The number of hydrogen-bond acceptors (Lipinski definition) is 2. The summed E-state index contributed by atoms with van der Waals surface area (Å²) in [6.07, 6.45) is 3.00. The molecule has 0 atom stereocenters. The Morgan fingerprint density at radius 1 is 1.33 bits per heavy atom. The van der Waals surface area contributed by atoms with E-state index in [-0.39, 0.29) is 5.91 Å². The molecule has 1 aromatic rings. The number of carbonyl (C=O) groups is 1. The van der Waals surface area contributed by atoms with Gasteiger partial charge in [0.2, 0.25) is 5.91 Å². The van der Waals surface area contributed by atoms with Crippen molar-refractivity contribution in [1.29, 1.82) is 0 Å². The van der Waals surface area contributed by atoms with Gasteiger partial charge in [0.05, 0.1) is 0 Å². The number of nitrogens with two attached hydrogens (primary N) is 1. The van der Waals surface area contributed by atoms with Gasteiger partial charge in [-0.15, -0.1) is 0 Å². The second kappa shape index (κ2) is 4.34. The molecule has 0 aromatic heterocycles. The van der Waals surface area contributed by atoms with Crippen LogP contribution in [0.3, 0.4) is 0 Å². The van der Waals surface area contributed by atoms with E-state index < -0.39 is 0 Å². The average molecular weight is 204 g/mol. The first-order chi connectivity index (χ1) is 7.25. The first kappa shape index (κ1) is 10.0. The lowest BCUT2D eigenvalue weighted by Crippen LogP contribution is -2.26. The van der Waals surface area contributed by atoms with Gasteiger partial charge in [-0.2, -0.15) is 0 Å². The van der Waals surface area contributed by atoms with Gasteiger partial charge in [0.25, 0.3) is 0 Å². The number of nitrogens with one attached hydrogen (secondary N) is 1. The van der Waals surface area contributed by atoms with Crippen LogP contribution in [0.5, 0.6) is 0 Å². The third-order valence-electron chi connectivity index (χ3n) is 2.64. The van der Waals surface area contributed by atoms with Crippen LogP contribution in [0.15, 0.2) is 24.3 Å². The van der Waals surface area contributed by atoms with Gasteiger partial charge in [-0.25, -0.2) is 0 Å². The Morgan fingerprint density at radius 3 is 2.60 bits per heavy atom. The van der Waals surface area contributed by atoms with Gasteiger partial charge >= 0.3 is 0 Å². The van der Waals surface area contributed by atoms with E-state index in [1.807, 2.05) is 24.3 Å². The molecule has 3 nitrogen and oxygen atoms in total. The van der Waals surface area contributed by atoms with E-state index in [9.17, 15) is 4.79 Å². The van der Waals surface area contributed by atoms with Crippen molar-refractivity contribution in [3.63, 3.8) is 0 Å². The van der Waals surface area contributed by atoms with Crippen molar-refractivity contribution in [2.24, 2.45) is 5.92 Å². The Balaban J connectivity index is 1.73. The molecule has 0 heterocycles. The summed E-state index contributed by atoms with van der Waals surface area (Å²) < 4.78 is 0. The lowest BCUT2D eigenvalue weighted by Gasteiger charge is -2.04. The third-order valence-corrected chi connectivity index (χ3v) is 2.64. The average Bonchev–Trinajstić information content (AvgIpc) is 3.04. The Hall–Kier alpha value is -1.51. The normalized spacial score (nSPS) is 14.9. The number of anilines is 1. The number of hydrogen-bond donors (Lipinski definition) is 2. The largest absolute Gasteiger partial charge is 0.399 e. The van der Waals surface area contributed by atoms with Crippen molar-refractivity contribution in [1.82, 2.24) is 5.32 Å². The van der Waals surface area contributed by atoms with E-state index in [4.69, 9.17) is 5.73 Å². The molecule has 15 heavy (non-hydrogen) atoms. The maximum Gasteiger partial charge on any atom is 0.223 e. The van der Waals surface area contributed by atoms with E-state index in [2.05, 4.69) is 5.32 Å². The van der Waals surface area contributed by atoms with E-state index in [1.54, 1.807) is 0 Å². The quantitative estimate of drug-likeness (QED) is 0.727. The van der Waals surface area contributed by atoms with Crippen LogP contribution in [0, 0.1) is 5.92 Å². The monoisotopic (exact) mass is 204 g/mol. The van der Waals surface area contributed by atoms with Crippen molar-refractivity contribution >= 4 is 11.6 Å². The van der Waals surface area contributed by atoms with Gasteiger partial charge in [-0.05, 0) is 37.0 Å². The summed E-state index contributed by atoms with van der Waals surface area (Å²) in [4.78, 5) is 11.3. The van der Waals surface area contributed by atoms with Crippen LogP contribution in [0.4, 0.5) is 5.69 Å². The lowest BCUT2D eigenvalue weighted by molar-refractivity contribution is -0.122. The fourth-order valence-electron chi connectivity index (χ4n) is 1.50. The molecule has 1 amide bonds. The Labute approximate surface area is 89.7 Å². The number of amides is 1. The molecule has 1 aromatic carbocycles. The highest BCUT2D eigenvalue weighted by Gasteiger charge is 2.28. The molecule has 0 saturated heterocycles. The zero-order chi connectivity index (χ0) is 10.7. The van der Waals surface area contributed by atoms with E-state index in [0.717, 1.165) is 31.5 Å². The summed E-state index contributed by atoms with van der Waals surface area (Å²) in [5.41, 5.74) is 7.57. The Morgan fingerprint density at radius 2 is 2.00 bits per heavy atom. The minimum Gasteiger partial charge on any atom is -0.399 e. The maximum absolute atomic E-state index is 11.3. The minimum atomic E-state index is 0.213. The van der Waals surface area contributed by atoms with Crippen molar-refractivity contribution in [2.75, 3.05) is 12.3 Å². The van der Waals surface area contributed by atoms with Gasteiger partial charge in [0.1, 0.15) is 0 Å². The molecule has 0 unspecified atom stereocenters. The SMILES string of the molecule is Nc1ccc(CCNC(=O)C2CC2)cc1. The van der Waals surface area contributed by atoms with Crippen molar-refractivity contribution in [2.45, 2.75) is 19.3 Å². The fraction of sp³-hybridized carbons (Fsp3) is 0.417. The zero-order valence-corrected chi connectivity index (χ0v) is 8.70. The van der Waals surface area contributed by atoms with Gasteiger partial charge in [-0.1, -0.05) is 12.1 Å². The highest BCUT2D eigenvalue weighted by Crippen LogP contribution is 2.28. The summed E-state index contributed by atoms with van der Waals surface area (Å²) >= 11 is 0. The number of carbonyl (C=O) groups excluding carboxylic acids is 1. The topological polar surface area (TPSA) is 55.1 Å². The predicted molar refractivity (Wildman–Crippen MR) is 60.3 cm³/mol. The second-order valence-electron chi connectivity index (χ2n) is 4.06. The molecule has 0 aliphatic heterocycles. The van der Waals surface area contributed by atoms with Crippen LogP contribution in [0.2, 0.25) is 0 Å². The van der Waals surface area contributed by atoms with Crippen molar-refractivity contribution in [3.05, 3.63) is 29.8 Å². The Kier molecular flexibility index (Phi) is 2.90. The Bertz CT molecular complexity index is 341. The molecule has 1 aliphatic rings. The fourth-order valence-corrected chi connectivity index (χ4v) is 1.50. The third kappa shape index (κ3) is 2.98. The highest BCUT2D eigenvalue weighted by atomic mass is 16.2. The molecule has 2 rings (SSSR count). The summed E-state index contributed by atoms with van der Waals surface area (Å²) in [6.45, 7) is 0.721. The first-order valence-electron chi connectivity index (χ1n) is 5.38. The zero-order valence-electron chi connectivity index (χ0n) is 8.70. The van der Waals surface area contributed by atoms with E-state index in [0.29, 0.717) is 5.92 Å². The molecule has 0 radical (unpaired) electrons. The lowest BCUT2D eigenvalue weighted by atomic mass is 10.1. The molecule has 80 valence electrons. The summed E-state index contributed by atoms with van der Waals surface area (Å²) in [5.74, 6) is 0.516. The van der Waals surface area contributed by atoms with Crippen molar-refractivity contribution in [3.8, 4) is 0 Å². The van der Waals surface area contributed by atoms with Crippen molar-refractivity contribution < 1.29 is 4.79 Å². The summed E-state index contributed by atoms with van der Waals surface area (Å²) in [7, 11) is 0. The van der Waals surface area contributed by atoms with Crippen LogP contribution in [-0.2, 0) is 11.2 Å². The molecule has 3 heteroatoms. The first-order valence-corrected chi connectivity index (χ1v) is 5.38. The van der Waals surface area contributed by atoms with Crippen LogP contribution in [0.1, 0.15) is 18.4 Å². The molecule has 1 saturated carbocycles. The molecule has 0 bridgehead atoms. The second-order valence-corrected chi connectivity index (χ2v) is 4.06. The summed E-state index contributed by atoms with van der Waals surface area (Å²) in [6, 6.07) is 7.77. The number of nitrogen functional groups attached to an aromatic ring is 1. The maximum atomic E-state index is 11.3. The van der Waals surface area contributed by atoms with E-state index >= 15 is 0 Å². The molecule has 1 fully saturated rings. The van der Waals surface area contributed by atoms with Crippen LogP contribution >= 0.6 is 0 Å². The molecule has 0 spiro atoms.